The van der Waals surface area contributed by atoms with Crippen LogP contribution in [0, 0.1) is 0 Å². The van der Waals surface area contributed by atoms with Crippen LogP contribution in [0.25, 0.3) is 21.8 Å². The number of nitrogens with zero attached hydrogens (tertiary/aromatic N) is 4. The molecule has 4 rings (SSSR count). The lowest BCUT2D eigenvalue weighted by Gasteiger charge is -1.99. The highest BCUT2D eigenvalue weighted by Gasteiger charge is 1.99. The Morgan fingerprint density at radius 2 is 1.04 bits per heavy atom. The van der Waals surface area contributed by atoms with Crippen LogP contribution < -0.4 is 0 Å². The summed E-state index contributed by atoms with van der Waals surface area (Å²) in [7, 11) is 0. The predicted molar refractivity (Wildman–Crippen MR) is 98.7 cm³/mol. The average molecular weight is 310 g/mol. The molecule has 2 heterocycles. The van der Waals surface area contributed by atoms with E-state index < -0.39 is 0 Å². The first-order chi connectivity index (χ1) is 11.9. The molecule has 2 aromatic heterocycles. The molecule has 2 aromatic carbocycles. The van der Waals surface area contributed by atoms with E-state index in [2.05, 4.69) is 20.2 Å². The zero-order chi connectivity index (χ0) is 16.2. The summed E-state index contributed by atoms with van der Waals surface area (Å²) in [4.78, 5) is 8.81. The molecule has 0 aliphatic carbocycles. The molecule has 4 aromatic rings. The lowest BCUT2D eigenvalue weighted by atomic mass is 10.1. The van der Waals surface area contributed by atoms with Crippen molar-refractivity contribution in [1.82, 2.24) is 9.97 Å². The number of benzene rings is 2. The minimum atomic E-state index is 0.922. The number of pyridine rings is 2. The Morgan fingerprint density at radius 3 is 1.54 bits per heavy atom. The number of hydrogen-bond donors (Lipinski definition) is 0. The normalized spacial score (nSPS) is 11.8. The van der Waals surface area contributed by atoms with Gasteiger partial charge in [0.05, 0.1) is 23.5 Å². The largest absolute Gasteiger partial charge is 0.256 e. The van der Waals surface area contributed by atoms with Gasteiger partial charge in [-0.1, -0.05) is 48.5 Å². The quantitative estimate of drug-likeness (QED) is 0.420. The first-order valence-electron chi connectivity index (χ1n) is 7.66. The van der Waals surface area contributed by atoms with E-state index in [0.29, 0.717) is 0 Å². The maximum absolute atomic E-state index is 4.41. The van der Waals surface area contributed by atoms with Crippen molar-refractivity contribution in [2.75, 3.05) is 0 Å². The topological polar surface area (TPSA) is 50.5 Å². The molecule has 4 nitrogen and oxygen atoms in total. The van der Waals surface area contributed by atoms with Crippen LogP contribution in [-0.2, 0) is 0 Å². The third-order valence-electron chi connectivity index (χ3n) is 3.79. The fourth-order valence-corrected chi connectivity index (χ4v) is 2.66. The molecule has 114 valence electrons. The van der Waals surface area contributed by atoms with Crippen LogP contribution in [0.15, 0.2) is 83.3 Å². The summed E-state index contributed by atoms with van der Waals surface area (Å²) in [6.45, 7) is 0. The van der Waals surface area contributed by atoms with Gasteiger partial charge in [-0.2, -0.15) is 10.2 Å². The summed E-state index contributed by atoms with van der Waals surface area (Å²) >= 11 is 0. The van der Waals surface area contributed by atoms with Gasteiger partial charge in [-0.05, 0) is 12.1 Å². The van der Waals surface area contributed by atoms with Crippen molar-refractivity contribution in [3.05, 3.63) is 84.2 Å². The maximum atomic E-state index is 4.41. The van der Waals surface area contributed by atoms with Gasteiger partial charge in [0, 0.05) is 34.3 Å². The second-order valence-corrected chi connectivity index (χ2v) is 5.33. The summed E-state index contributed by atoms with van der Waals surface area (Å²) < 4.78 is 0. The van der Waals surface area contributed by atoms with Crippen molar-refractivity contribution < 1.29 is 0 Å². The van der Waals surface area contributed by atoms with Crippen LogP contribution in [-0.4, -0.2) is 22.4 Å². The Balaban J connectivity index is 1.64. The number of rotatable bonds is 3. The van der Waals surface area contributed by atoms with Crippen LogP contribution in [0.3, 0.4) is 0 Å². The van der Waals surface area contributed by atoms with Crippen molar-refractivity contribution >= 4 is 34.2 Å². The molecule has 4 heteroatoms. The molecular weight excluding hydrogens is 296 g/mol. The van der Waals surface area contributed by atoms with Gasteiger partial charge < -0.3 is 0 Å². The molecule has 24 heavy (non-hydrogen) atoms. The molecule has 0 atom stereocenters. The summed E-state index contributed by atoms with van der Waals surface area (Å²) in [5.74, 6) is 0. The molecule has 0 amide bonds. The molecule has 0 radical (unpaired) electrons. The summed E-state index contributed by atoms with van der Waals surface area (Å²) in [6, 6.07) is 19.9. The Morgan fingerprint density at radius 1 is 0.583 bits per heavy atom. The predicted octanol–water partition coefficient (Wildman–Crippen LogP) is 4.24. The monoisotopic (exact) mass is 310 g/mol. The highest BCUT2D eigenvalue weighted by molar-refractivity contribution is 5.99. The number of para-hydroxylation sites is 2. The molecule has 0 fully saturated rings. The Labute approximate surface area is 139 Å². The molecule has 0 aliphatic rings. The van der Waals surface area contributed by atoms with Crippen molar-refractivity contribution in [2.24, 2.45) is 10.2 Å². The number of hydrogen-bond acceptors (Lipinski definition) is 4. The number of aromatic nitrogens is 2. The first kappa shape index (κ1) is 14.2. The van der Waals surface area contributed by atoms with E-state index in [4.69, 9.17) is 0 Å². The molecule has 0 aliphatic heterocycles. The van der Waals surface area contributed by atoms with E-state index in [1.807, 2.05) is 60.7 Å². The molecule has 0 N–H and O–H groups in total. The van der Waals surface area contributed by atoms with Gasteiger partial charge in [0.15, 0.2) is 0 Å². The molecule has 0 saturated heterocycles. The zero-order valence-electron chi connectivity index (χ0n) is 12.9. The highest BCUT2D eigenvalue weighted by Crippen LogP contribution is 2.15. The SMILES string of the molecule is C(=N\N=C\c1cccc2cccnc12)/c1cccc2cccnc12. The standard InChI is InChI=1S/C20H14N4/c1-5-15-9-3-11-21-19(15)17(7-1)13-23-24-14-18-8-2-6-16-10-4-12-22-20(16)18/h1-14H/b23-13+,24-14+. The van der Waals surface area contributed by atoms with Crippen LogP contribution in [0.4, 0.5) is 0 Å². The number of fused-ring (bicyclic) bond motifs is 2. The van der Waals surface area contributed by atoms with Gasteiger partial charge in [-0.25, -0.2) is 0 Å². The smallest absolute Gasteiger partial charge is 0.0790 e. The van der Waals surface area contributed by atoms with Crippen LogP contribution in [0.1, 0.15) is 11.1 Å². The molecule has 0 bridgehead atoms. The van der Waals surface area contributed by atoms with Crippen LogP contribution in [0.5, 0.6) is 0 Å². The van der Waals surface area contributed by atoms with Gasteiger partial charge >= 0.3 is 0 Å². The van der Waals surface area contributed by atoms with Crippen molar-refractivity contribution in [2.45, 2.75) is 0 Å². The molecular formula is C20H14N4. The summed E-state index contributed by atoms with van der Waals surface area (Å²) in [5, 5.41) is 10.5. The van der Waals surface area contributed by atoms with Crippen molar-refractivity contribution in [3.8, 4) is 0 Å². The van der Waals surface area contributed by atoms with Gasteiger partial charge in [0.2, 0.25) is 0 Å². The van der Waals surface area contributed by atoms with Gasteiger partial charge in [0.25, 0.3) is 0 Å². The lowest BCUT2D eigenvalue weighted by Crippen LogP contribution is -1.88. The molecule has 0 unspecified atom stereocenters. The second kappa shape index (κ2) is 6.38. The van der Waals surface area contributed by atoms with E-state index in [-0.39, 0.29) is 0 Å². The van der Waals surface area contributed by atoms with Crippen molar-refractivity contribution in [1.29, 1.82) is 0 Å². The Hall–Kier alpha value is -3.40. The second-order valence-electron chi connectivity index (χ2n) is 5.33. The maximum Gasteiger partial charge on any atom is 0.0790 e. The van der Waals surface area contributed by atoms with Crippen LogP contribution >= 0.6 is 0 Å². The minimum Gasteiger partial charge on any atom is -0.256 e. The van der Waals surface area contributed by atoms with E-state index in [1.54, 1.807) is 24.8 Å². The first-order valence-corrected chi connectivity index (χ1v) is 7.66. The Bertz CT molecular complexity index is 969. The summed E-state index contributed by atoms with van der Waals surface area (Å²) in [5.41, 5.74) is 3.74. The zero-order valence-corrected chi connectivity index (χ0v) is 12.9. The van der Waals surface area contributed by atoms with Crippen LogP contribution in [0.2, 0.25) is 0 Å². The van der Waals surface area contributed by atoms with Gasteiger partial charge in [0.1, 0.15) is 0 Å². The van der Waals surface area contributed by atoms with E-state index >= 15 is 0 Å². The fraction of sp³-hybridized carbons (Fsp3) is 0. The Kier molecular flexibility index (Phi) is 3.78. The minimum absolute atomic E-state index is 0.922. The average Bonchev–Trinajstić information content (AvgIpc) is 2.65. The van der Waals surface area contributed by atoms with E-state index in [0.717, 1.165) is 32.9 Å². The van der Waals surface area contributed by atoms with E-state index in [9.17, 15) is 0 Å². The van der Waals surface area contributed by atoms with E-state index in [1.165, 1.54) is 0 Å². The van der Waals surface area contributed by atoms with Crippen molar-refractivity contribution in [3.63, 3.8) is 0 Å². The fourth-order valence-electron chi connectivity index (χ4n) is 2.66. The molecule has 0 saturated carbocycles. The highest BCUT2D eigenvalue weighted by atomic mass is 15.2. The lowest BCUT2D eigenvalue weighted by molar-refractivity contribution is 1.26. The summed E-state index contributed by atoms with van der Waals surface area (Å²) in [6.07, 6.45) is 7.02. The third-order valence-corrected chi connectivity index (χ3v) is 3.79. The third kappa shape index (κ3) is 2.77. The van der Waals surface area contributed by atoms with Gasteiger partial charge in [-0.3, -0.25) is 9.97 Å². The van der Waals surface area contributed by atoms with Gasteiger partial charge in [-0.15, -0.1) is 0 Å². The molecule has 0 spiro atoms.